The zero-order chi connectivity index (χ0) is 9.07. The van der Waals surface area contributed by atoms with Gasteiger partial charge in [-0.15, -0.1) is 0 Å². The second-order valence-electron chi connectivity index (χ2n) is 2.35. The fourth-order valence-corrected chi connectivity index (χ4v) is 1.42. The molecule has 0 rings (SSSR count). The molecule has 0 aromatic rings. The molecule has 0 aliphatic heterocycles. The van der Waals surface area contributed by atoms with Gasteiger partial charge >= 0.3 is 0 Å². The third-order valence-electron chi connectivity index (χ3n) is 0.910. The van der Waals surface area contributed by atoms with E-state index in [0.717, 1.165) is 0 Å². The van der Waals surface area contributed by atoms with Crippen molar-refractivity contribution in [2.24, 2.45) is 0 Å². The van der Waals surface area contributed by atoms with Crippen molar-refractivity contribution in [3.8, 4) is 0 Å². The van der Waals surface area contributed by atoms with E-state index in [2.05, 4.69) is 5.32 Å². The smallest absolute Gasteiger partial charge is 0.266 e. The number of carbonyl (C=O) groups excluding carboxylic acids is 1. The molecule has 0 saturated heterocycles. The number of nitrogens with one attached hydrogen (secondary N) is 1. The number of rotatable bonds is 3. The van der Waals surface area contributed by atoms with Crippen LogP contribution in [0.5, 0.6) is 0 Å². The van der Waals surface area contributed by atoms with Gasteiger partial charge in [0.05, 0.1) is 5.75 Å². The van der Waals surface area contributed by atoms with Crippen molar-refractivity contribution < 1.29 is 17.8 Å². The van der Waals surface area contributed by atoms with Gasteiger partial charge in [0.25, 0.3) is 10.1 Å². The summed E-state index contributed by atoms with van der Waals surface area (Å²) >= 11 is 0. The van der Waals surface area contributed by atoms with Crippen molar-refractivity contribution in [1.82, 2.24) is 5.32 Å². The van der Waals surface area contributed by atoms with E-state index in [9.17, 15) is 13.2 Å². The first-order valence-electron chi connectivity index (χ1n) is 3.03. The van der Waals surface area contributed by atoms with Crippen LogP contribution in [0.4, 0.5) is 0 Å². The lowest BCUT2D eigenvalue weighted by Gasteiger charge is -2.08. The first-order chi connectivity index (χ1) is 4.81. The van der Waals surface area contributed by atoms with E-state index < -0.39 is 21.9 Å². The van der Waals surface area contributed by atoms with Gasteiger partial charge in [-0.05, 0) is 6.92 Å². The molecule has 0 aliphatic rings. The first-order valence-corrected chi connectivity index (χ1v) is 4.64. The molecule has 11 heavy (non-hydrogen) atoms. The fourth-order valence-electron chi connectivity index (χ4n) is 0.705. The second-order valence-corrected chi connectivity index (χ2v) is 3.85. The number of hydrogen-bond donors (Lipinski definition) is 2. The predicted molar refractivity (Wildman–Crippen MR) is 39.7 cm³/mol. The van der Waals surface area contributed by atoms with Crippen LogP contribution in [0.25, 0.3) is 0 Å². The highest BCUT2D eigenvalue weighted by Gasteiger charge is 2.12. The SMILES string of the molecule is CC(=O)NC(C)CS(=O)(=O)O. The molecule has 0 heterocycles. The number of amides is 1. The van der Waals surface area contributed by atoms with E-state index in [1.54, 1.807) is 0 Å². The minimum Gasteiger partial charge on any atom is -0.353 e. The fraction of sp³-hybridized carbons (Fsp3) is 0.800. The minimum absolute atomic E-state index is 0.318. The van der Waals surface area contributed by atoms with Gasteiger partial charge in [0.1, 0.15) is 0 Å². The largest absolute Gasteiger partial charge is 0.353 e. The summed E-state index contributed by atoms with van der Waals surface area (Å²) in [6.45, 7) is 2.77. The quantitative estimate of drug-likeness (QED) is 0.569. The standard InChI is InChI=1S/C5H11NO4S/c1-4(6-5(2)7)3-11(8,9)10/h4H,3H2,1-2H3,(H,6,7)(H,8,9,10). The Morgan fingerprint density at radius 3 is 2.36 bits per heavy atom. The highest BCUT2D eigenvalue weighted by molar-refractivity contribution is 7.85. The van der Waals surface area contributed by atoms with Gasteiger partial charge in [0.2, 0.25) is 5.91 Å². The molecular weight excluding hydrogens is 170 g/mol. The Morgan fingerprint density at radius 1 is 1.64 bits per heavy atom. The number of hydrogen-bond acceptors (Lipinski definition) is 3. The molecular formula is C5H11NO4S. The molecule has 0 aliphatic carbocycles. The van der Waals surface area contributed by atoms with Gasteiger partial charge in [-0.3, -0.25) is 9.35 Å². The van der Waals surface area contributed by atoms with Crippen molar-refractivity contribution in [2.45, 2.75) is 19.9 Å². The van der Waals surface area contributed by atoms with Crippen LogP contribution in [-0.4, -0.2) is 30.7 Å². The van der Waals surface area contributed by atoms with E-state index >= 15 is 0 Å². The Hall–Kier alpha value is -0.620. The van der Waals surface area contributed by atoms with Gasteiger partial charge in [-0.1, -0.05) is 0 Å². The minimum atomic E-state index is -3.98. The van der Waals surface area contributed by atoms with E-state index in [0.29, 0.717) is 0 Å². The van der Waals surface area contributed by atoms with Crippen LogP contribution in [0.15, 0.2) is 0 Å². The Kier molecular flexibility index (Phi) is 3.47. The van der Waals surface area contributed by atoms with Crippen LogP contribution in [0.3, 0.4) is 0 Å². The zero-order valence-corrected chi connectivity index (χ0v) is 7.18. The first kappa shape index (κ1) is 10.4. The molecule has 0 aromatic carbocycles. The molecule has 6 heteroatoms. The maximum absolute atomic E-state index is 10.4. The summed E-state index contributed by atoms with van der Waals surface area (Å²) in [6.07, 6.45) is 0. The van der Waals surface area contributed by atoms with Gasteiger partial charge in [0.15, 0.2) is 0 Å². The van der Waals surface area contributed by atoms with Crippen molar-refractivity contribution in [2.75, 3.05) is 5.75 Å². The Bertz CT molecular complexity index is 233. The van der Waals surface area contributed by atoms with Gasteiger partial charge < -0.3 is 5.32 Å². The summed E-state index contributed by atoms with van der Waals surface area (Å²) in [5, 5.41) is 2.32. The van der Waals surface area contributed by atoms with E-state index in [1.165, 1.54) is 13.8 Å². The Labute approximate surface area is 65.5 Å². The molecule has 0 bridgehead atoms. The topological polar surface area (TPSA) is 83.5 Å². The van der Waals surface area contributed by atoms with Crippen molar-refractivity contribution >= 4 is 16.0 Å². The maximum Gasteiger partial charge on any atom is 0.266 e. The Balaban J connectivity index is 3.89. The summed E-state index contributed by atoms with van der Waals surface area (Å²) in [5.74, 6) is -0.770. The lowest BCUT2D eigenvalue weighted by Crippen LogP contribution is -2.35. The van der Waals surface area contributed by atoms with Gasteiger partial charge in [-0.2, -0.15) is 8.42 Å². The molecule has 0 saturated carbocycles. The van der Waals surface area contributed by atoms with Crippen molar-refractivity contribution in [1.29, 1.82) is 0 Å². The molecule has 0 fully saturated rings. The average molecular weight is 181 g/mol. The molecule has 1 atom stereocenters. The Morgan fingerprint density at radius 2 is 2.09 bits per heavy atom. The maximum atomic E-state index is 10.4. The van der Waals surface area contributed by atoms with Crippen molar-refractivity contribution in [3.63, 3.8) is 0 Å². The molecule has 0 radical (unpaired) electrons. The third-order valence-corrected chi connectivity index (χ3v) is 1.83. The van der Waals surface area contributed by atoms with Crippen LogP contribution in [-0.2, 0) is 14.9 Å². The molecule has 1 unspecified atom stereocenters. The van der Waals surface area contributed by atoms with Crippen LogP contribution in [0.1, 0.15) is 13.8 Å². The van der Waals surface area contributed by atoms with E-state index in [4.69, 9.17) is 4.55 Å². The summed E-state index contributed by atoms with van der Waals surface area (Å²) in [5.41, 5.74) is 0. The van der Waals surface area contributed by atoms with Crippen LogP contribution in [0.2, 0.25) is 0 Å². The monoisotopic (exact) mass is 181 g/mol. The van der Waals surface area contributed by atoms with Crippen LogP contribution >= 0.6 is 0 Å². The molecule has 1 amide bonds. The van der Waals surface area contributed by atoms with E-state index in [-0.39, 0.29) is 5.91 Å². The van der Waals surface area contributed by atoms with Crippen LogP contribution < -0.4 is 5.32 Å². The molecule has 0 spiro atoms. The van der Waals surface area contributed by atoms with Gasteiger partial charge in [-0.25, -0.2) is 0 Å². The third kappa shape index (κ3) is 7.27. The van der Waals surface area contributed by atoms with Crippen molar-refractivity contribution in [3.05, 3.63) is 0 Å². The van der Waals surface area contributed by atoms with Gasteiger partial charge in [0, 0.05) is 13.0 Å². The van der Waals surface area contributed by atoms with E-state index in [1.807, 2.05) is 0 Å². The predicted octanol–water partition coefficient (Wildman–Crippen LogP) is -0.601. The number of carbonyl (C=O) groups is 1. The molecule has 5 nitrogen and oxygen atoms in total. The average Bonchev–Trinajstić information content (AvgIpc) is 1.53. The summed E-state index contributed by atoms with van der Waals surface area (Å²) in [7, 11) is -3.98. The van der Waals surface area contributed by atoms with Crippen LogP contribution in [0, 0.1) is 0 Å². The normalized spacial score (nSPS) is 14.1. The molecule has 2 N–H and O–H groups in total. The second kappa shape index (κ2) is 3.68. The zero-order valence-electron chi connectivity index (χ0n) is 6.36. The summed E-state index contributed by atoms with van der Waals surface area (Å²) in [6, 6.07) is -0.553. The highest BCUT2D eigenvalue weighted by Crippen LogP contribution is 1.88. The molecule has 66 valence electrons. The summed E-state index contributed by atoms with van der Waals surface area (Å²) < 4.78 is 28.8. The summed E-state index contributed by atoms with van der Waals surface area (Å²) in [4.78, 5) is 10.4. The lowest BCUT2D eigenvalue weighted by atomic mass is 10.4. The lowest BCUT2D eigenvalue weighted by molar-refractivity contribution is -0.119. The highest BCUT2D eigenvalue weighted by atomic mass is 32.2. The molecule has 0 aromatic heterocycles.